The van der Waals surface area contributed by atoms with Crippen LogP contribution in [0.3, 0.4) is 0 Å². The zero-order chi connectivity index (χ0) is 26.9. The topological polar surface area (TPSA) is 17.8 Å². The Bertz CT molecular complexity index is 2270. The van der Waals surface area contributed by atoms with Gasteiger partial charge in [0, 0.05) is 33.5 Å². The Kier molecular flexibility index (Phi) is 4.64. The van der Waals surface area contributed by atoms with Crippen molar-refractivity contribution in [1.29, 1.82) is 0 Å². The second-order valence-electron chi connectivity index (χ2n) is 10.7. The van der Waals surface area contributed by atoms with Crippen LogP contribution in [0.2, 0.25) is 0 Å². The Labute approximate surface area is 237 Å². The van der Waals surface area contributed by atoms with Gasteiger partial charge in [0.05, 0.1) is 22.2 Å². The van der Waals surface area contributed by atoms with Gasteiger partial charge in [-0.15, -0.1) is 0 Å². The molecular formula is C39H24N2. The van der Waals surface area contributed by atoms with Gasteiger partial charge in [0.2, 0.25) is 0 Å². The molecule has 0 bridgehead atoms. The van der Waals surface area contributed by atoms with E-state index in [2.05, 4.69) is 138 Å². The molecule has 0 amide bonds. The molecule has 8 aromatic rings. The fraction of sp³-hybridized carbons (Fsp3) is 0. The fourth-order valence-electron chi connectivity index (χ4n) is 6.93. The average Bonchev–Trinajstić information content (AvgIpc) is 3.37. The number of fused-ring (bicyclic) bond motifs is 13. The third kappa shape index (κ3) is 3.10. The lowest BCUT2D eigenvalue weighted by molar-refractivity contribution is 1.18. The van der Waals surface area contributed by atoms with Crippen LogP contribution in [-0.2, 0) is 0 Å². The third-order valence-corrected chi connectivity index (χ3v) is 8.61. The highest BCUT2D eigenvalue weighted by Crippen LogP contribution is 2.51. The minimum absolute atomic E-state index is 1.03. The molecule has 41 heavy (non-hydrogen) atoms. The summed E-state index contributed by atoms with van der Waals surface area (Å²) in [6.45, 7) is 0. The summed E-state index contributed by atoms with van der Waals surface area (Å²) in [5, 5.41) is 3.68. The Morgan fingerprint density at radius 2 is 0.951 bits per heavy atom. The third-order valence-electron chi connectivity index (χ3n) is 8.61. The van der Waals surface area contributed by atoms with Crippen LogP contribution in [0.25, 0.3) is 82.9 Å². The number of pyridine rings is 1. The maximum absolute atomic E-state index is 4.94. The SMILES string of the molecule is c1ccc2c(c1)-c1ccccc1-c1c(ccc3cccnc13)-c1cccc(-n3c4ccccc4c4ccccc43)c1-2. The van der Waals surface area contributed by atoms with Gasteiger partial charge in [-0.3, -0.25) is 4.98 Å². The first-order valence-corrected chi connectivity index (χ1v) is 14.1. The van der Waals surface area contributed by atoms with Crippen molar-refractivity contribution in [2.75, 3.05) is 0 Å². The van der Waals surface area contributed by atoms with Crippen LogP contribution >= 0.6 is 0 Å². The van der Waals surface area contributed by atoms with E-state index < -0.39 is 0 Å². The largest absolute Gasteiger partial charge is 0.309 e. The van der Waals surface area contributed by atoms with Crippen LogP contribution in [0.15, 0.2) is 146 Å². The van der Waals surface area contributed by atoms with E-state index in [0.717, 1.165) is 10.9 Å². The van der Waals surface area contributed by atoms with Gasteiger partial charge in [0.1, 0.15) is 0 Å². The molecule has 2 aromatic heterocycles. The van der Waals surface area contributed by atoms with Crippen molar-refractivity contribution in [3.8, 4) is 50.2 Å². The van der Waals surface area contributed by atoms with Crippen LogP contribution < -0.4 is 0 Å². The Morgan fingerprint density at radius 3 is 1.66 bits per heavy atom. The predicted octanol–water partition coefficient (Wildman–Crippen LogP) is 10.3. The van der Waals surface area contributed by atoms with E-state index >= 15 is 0 Å². The molecule has 0 radical (unpaired) electrons. The number of para-hydroxylation sites is 2. The molecular weight excluding hydrogens is 496 g/mol. The Morgan fingerprint density at radius 1 is 0.390 bits per heavy atom. The summed E-state index contributed by atoms with van der Waals surface area (Å²) < 4.78 is 2.45. The van der Waals surface area contributed by atoms with Gasteiger partial charge in [-0.05, 0) is 57.6 Å². The summed E-state index contributed by atoms with van der Waals surface area (Å²) in [6.07, 6.45) is 1.91. The van der Waals surface area contributed by atoms with Crippen molar-refractivity contribution in [3.63, 3.8) is 0 Å². The van der Waals surface area contributed by atoms with Gasteiger partial charge >= 0.3 is 0 Å². The first-order chi connectivity index (χ1) is 20.4. The summed E-state index contributed by atoms with van der Waals surface area (Å²) in [5.74, 6) is 0. The molecule has 0 fully saturated rings. The average molecular weight is 521 g/mol. The van der Waals surface area contributed by atoms with Crippen molar-refractivity contribution >= 4 is 32.7 Å². The molecule has 2 nitrogen and oxygen atoms in total. The van der Waals surface area contributed by atoms with E-state index in [0.29, 0.717) is 0 Å². The summed E-state index contributed by atoms with van der Waals surface area (Å²) in [5.41, 5.74) is 14.4. The number of aromatic nitrogens is 2. The smallest absolute Gasteiger partial charge is 0.0786 e. The van der Waals surface area contributed by atoms with Crippen molar-refractivity contribution < 1.29 is 0 Å². The van der Waals surface area contributed by atoms with Crippen molar-refractivity contribution in [1.82, 2.24) is 9.55 Å². The van der Waals surface area contributed by atoms with Crippen LogP contribution in [0.5, 0.6) is 0 Å². The number of hydrogen-bond acceptors (Lipinski definition) is 1. The van der Waals surface area contributed by atoms with E-state index in [4.69, 9.17) is 4.98 Å². The van der Waals surface area contributed by atoms with E-state index in [1.165, 1.54) is 72.0 Å². The molecule has 6 aromatic carbocycles. The number of benzene rings is 6. The van der Waals surface area contributed by atoms with Gasteiger partial charge in [-0.25, -0.2) is 0 Å². The standard InChI is InChI=1S/C39H24N2/c1-3-16-30-26(12-1)27-13-2-4-17-31(27)38-33(23-22-25-11-10-24-40-39(25)38)32-18-9-21-36(37(30)32)41-34-19-7-5-14-28(34)29-15-6-8-20-35(29)41/h1-24H. The fourth-order valence-corrected chi connectivity index (χ4v) is 6.93. The minimum atomic E-state index is 1.03. The molecule has 2 heterocycles. The summed E-state index contributed by atoms with van der Waals surface area (Å²) in [7, 11) is 0. The monoisotopic (exact) mass is 520 g/mol. The first kappa shape index (κ1) is 22.4. The highest BCUT2D eigenvalue weighted by Gasteiger charge is 2.26. The second kappa shape index (κ2) is 8.51. The quantitative estimate of drug-likeness (QED) is 0.210. The van der Waals surface area contributed by atoms with Crippen molar-refractivity contribution in [3.05, 3.63) is 146 Å². The van der Waals surface area contributed by atoms with E-state index in [1.807, 2.05) is 12.3 Å². The molecule has 0 aliphatic heterocycles. The predicted molar refractivity (Wildman–Crippen MR) is 171 cm³/mol. The molecule has 1 aliphatic carbocycles. The molecule has 0 saturated carbocycles. The zero-order valence-corrected chi connectivity index (χ0v) is 22.3. The lowest BCUT2D eigenvalue weighted by Gasteiger charge is -2.26. The second-order valence-corrected chi connectivity index (χ2v) is 10.7. The lowest BCUT2D eigenvalue weighted by Crippen LogP contribution is -2.03. The van der Waals surface area contributed by atoms with Gasteiger partial charge in [0.15, 0.2) is 0 Å². The van der Waals surface area contributed by atoms with Crippen molar-refractivity contribution in [2.24, 2.45) is 0 Å². The summed E-state index contributed by atoms with van der Waals surface area (Å²) in [4.78, 5) is 4.94. The van der Waals surface area contributed by atoms with Crippen LogP contribution in [0.4, 0.5) is 0 Å². The highest BCUT2D eigenvalue weighted by atomic mass is 15.0. The summed E-state index contributed by atoms with van der Waals surface area (Å²) in [6, 6.07) is 50.6. The Balaban J connectivity index is 1.51. The molecule has 0 N–H and O–H groups in total. The Hall–Kier alpha value is -5.47. The molecule has 1 aliphatic rings. The van der Waals surface area contributed by atoms with E-state index in [9.17, 15) is 0 Å². The van der Waals surface area contributed by atoms with Crippen LogP contribution in [0, 0.1) is 0 Å². The number of rotatable bonds is 1. The molecule has 0 atom stereocenters. The zero-order valence-electron chi connectivity index (χ0n) is 22.3. The highest BCUT2D eigenvalue weighted by molar-refractivity contribution is 6.13. The molecule has 0 unspecified atom stereocenters. The molecule has 0 spiro atoms. The van der Waals surface area contributed by atoms with Gasteiger partial charge < -0.3 is 4.57 Å². The van der Waals surface area contributed by atoms with Gasteiger partial charge in [-0.2, -0.15) is 0 Å². The van der Waals surface area contributed by atoms with Crippen LogP contribution in [-0.4, -0.2) is 9.55 Å². The van der Waals surface area contributed by atoms with Crippen molar-refractivity contribution in [2.45, 2.75) is 0 Å². The van der Waals surface area contributed by atoms with Gasteiger partial charge in [-0.1, -0.05) is 115 Å². The minimum Gasteiger partial charge on any atom is -0.309 e. The van der Waals surface area contributed by atoms with E-state index in [-0.39, 0.29) is 0 Å². The number of nitrogens with zero attached hydrogens (tertiary/aromatic N) is 2. The molecule has 2 heteroatoms. The normalized spacial score (nSPS) is 11.9. The first-order valence-electron chi connectivity index (χ1n) is 14.1. The molecule has 9 rings (SSSR count). The maximum Gasteiger partial charge on any atom is 0.0786 e. The number of hydrogen-bond donors (Lipinski definition) is 0. The maximum atomic E-state index is 4.94. The van der Waals surface area contributed by atoms with E-state index in [1.54, 1.807) is 0 Å². The lowest BCUT2D eigenvalue weighted by atomic mass is 9.79. The van der Waals surface area contributed by atoms with Crippen LogP contribution in [0.1, 0.15) is 0 Å². The summed E-state index contributed by atoms with van der Waals surface area (Å²) >= 11 is 0. The van der Waals surface area contributed by atoms with Gasteiger partial charge in [0.25, 0.3) is 0 Å². The molecule has 0 saturated heterocycles. The molecule has 190 valence electrons.